The Morgan fingerprint density at radius 3 is 2.50 bits per heavy atom. The maximum atomic E-state index is 6.22. The van der Waals surface area contributed by atoms with Gasteiger partial charge >= 0.3 is 0 Å². The molecule has 0 aromatic heterocycles. The molecule has 3 rings (SSSR count). The molecule has 0 aliphatic carbocycles. The highest BCUT2D eigenvalue weighted by molar-refractivity contribution is 7.98. The van der Waals surface area contributed by atoms with Crippen LogP contribution < -0.4 is 4.74 Å². The van der Waals surface area contributed by atoms with Crippen LogP contribution in [0.2, 0.25) is 0 Å². The zero-order valence-electron chi connectivity index (χ0n) is 13.3. The Bertz CT molecular complexity index is 599. The van der Waals surface area contributed by atoms with Crippen molar-refractivity contribution in [2.75, 3.05) is 19.3 Å². The van der Waals surface area contributed by atoms with Gasteiger partial charge in [-0.15, -0.1) is 11.8 Å². The molecule has 1 aliphatic rings. The summed E-state index contributed by atoms with van der Waals surface area (Å²) in [5.41, 5.74) is 1.29. The number of para-hydroxylation sites is 1. The van der Waals surface area contributed by atoms with Crippen LogP contribution in [0.5, 0.6) is 5.75 Å². The van der Waals surface area contributed by atoms with Gasteiger partial charge in [0.2, 0.25) is 0 Å². The Kier molecular flexibility index (Phi) is 4.74. The molecule has 0 radical (unpaired) electrons. The van der Waals surface area contributed by atoms with Crippen molar-refractivity contribution in [3.8, 4) is 5.75 Å². The van der Waals surface area contributed by atoms with E-state index in [-0.39, 0.29) is 5.60 Å². The van der Waals surface area contributed by atoms with Crippen LogP contribution in [0, 0.1) is 0 Å². The van der Waals surface area contributed by atoms with Crippen molar-refractivity contribution in [2.45, 2.75) is 30.4 Å². The van der Waals surface area contributed by atoms with Gasteiger partial charge in [0.15, 0.2) is 0 Å². The molecule has 0 spiro atoms. The number of hydrogen-bond acceptors (Lipinski definition) is 3. The maximum absolute atomic E-state index is 6.22. The second-order valence-electron chi connectivity index (χ2n) is 6.17. The highest BCUT2D eigenvalue weighted by atomic mass is 32.2. The Hall–Kier alpha value is -1.45. The van der Waals surface area contributed by atoms with Crippen LogP contribution in [0.15, 0.2) is 59.5 Å². The van der Waals surface area contributed by atoms with Gasteiger partial charge in [-0.3, -0.25) is 4.90 Å². The van der Waals surface area contributed by atoms with Crippen LogP contribution in [0.1, 0.15) is 18.9 Å². The van der Waals surface area contributed by atoms with Gasteiger partial charge in [0.05, 0.1) is 0 Å². The van der Waals surface area contributed by atoms with Crippen LogP contribution in [-0.4, -0.2) is 29.8 Å². The molecule has 0 bridgehead atoms. The Labute approximate surface area is 137 Å². The fourth-order valence-electron chi connectivity index (χ4n) is 3.01. The first-order valence-electron chi connectivity index (χ1n) is 7.76. The van der Waals surface area contributed by atoms with Crippen molar-refractivity contribution in [3.63, 3.8) is 0 Å². The van der Waals surface area contributed by atoms with Crippen molar-refractivity contribution < 1.29 is 4.74 Å². The van der Waals surface area contributed by atoms with E-state index < -0.39 is 0 Å². The lowest BCUT2D eigenvalue weighted by Crippen LogP contribution is -2.35. The predicted octanol–water partition coefficient (Wildman–Crippen LogP) is 4.45. The number of thioether (sulfide) groups is 1. The summed E-state index contributed by atoms with van der Waals surface area (Å²) in [6, 6.07) is 19.0. The van der Waals surface area contributed by atoms with Gasteiger partial charge in [-0.2, -0.15) is 0 Å². The quantitative estimate of drug-likeness (QED) is 0.757. The van der Waals surface area contributed by atoms with Crippen molar-refractivity contribution >= 4 is 11.8 Å². The van der Waals surface area contributed by atoms with Crippen LogP contribution in [0.4, 0.5) is 0 Å². The highest BCUT2D eigenvalue weighted by Crippen LogP contribution is 2.28. The maximum Gasteiger partial charge on any atom is 0.120 e. The molecule has 22 heavy (non-hydrogen) atoms. The SMILES string of the molecule is CSc1ccc(CN2CCC(C)(Oc3ccccc3)C2)cc1. The van der Waals surface area contributed by atoms with E-state index in [9.17, 15) is 0 Å². The molecule has 1 fully saturated rings. The summed E-state index contributed by atoms with van der Waals surface area (Å²) in [6.07, 6.45) is 3.19. The van der Waals surface area contributed by atoms with E-state index in [0.29, 0.717) is 0 Å². The molecule has 2 aromatic carbocycles. The molecular weight excluding hydrogens is 290 g/mol. The van der Waals surface area contributed by atoms with E-state index in [4.69, 9.17) is 4.74 Å². The molecule has 3 heteroatoms. The van der Waals surface area contributed by atoms with E-state index in [1.54, 1.807) is 11.8 Å². The Morgan fingerprint density at radius 2 is 1.82 bits per heavy atom. The second-order valence-corrected chi connectivity index (χ2v) is 7.05. The van der Waals surface area contributed by atoms with Gasteiger partial charge < -0.3 is 4.74 Å². The van der Waals surface area contributed by atoms with Gasteiger partial charge in [-0.05, 0) is 43.0 Å². The molecule has 0 saturated carbocycles. The normalized spacial score (nSPS) is 21.9. The molecule has 1 heterocycles. The molecule has 2 aromatic rings. The van der Waals surface area contributed by atoms with E-state index in [0.717, 1.165) is 31.8 Å². The third-order valence-electron chi connectivity index (χ3n) is 4.19. The highest BCUT2D eigenvalue weighted by Gasteiger charge is 2.35. The molecular formula is C19H23NOS. The molecule has 1 saturated heterocycles. The van der Waals surface area contributed by atoms with E-state index in [2.05, 4.69) is 42.3 Å². The third kappa shape index (κ3) is 3.84. The summed E-state index contributed by atoms with van der Waals surface area (Å²) in [4.78, 5) is 3.80. The Balaban J connectivity index is 1.59. The number of nitrogens with zero attached hydrogens (tertiary/aromatic N) is 1. The molecule has 116 valence electrons. The van der Waals surface area contributed by atoms with Gasteiger partial charge in [0, 0.05) is 31.0 Å². The minimum atomic E-state index is -0.0828. The zero-order valence-corrected chi connectivity index (χ0v) is 14.1. The summed E-state index contributed by atoms with van der Waals surface area (Å²) in [5, 5.41) is 0. The first-order chi connectivity index (χ1) is 10.7. The number of ether oxygens (including phenoxy) is 1. The van der Waals surface area contributed by atoms with Crippen LogP contribution in [0.3, 0.4) is 0 Å². The van der Waals surface area contributed by atoms with Crippen molar-refractivity contribution in [1.29, 1.82) is 0 Å². The third-order valence-corrected chi connectivity index (χ3v) is 4.93. The summed E-state index contributed by atoms with van der Waals surface area (Å²) in [7, 11) is 0. The van der Waals surface area contributed by atoms with Gasteiger partial charge in [0.1, 0.15) is 11.4 Å². The predicted molar refractivity (Wildman–Crippen MR) is 93.6 cm³/mol. The van der Waals surface area contributed by atoms with E-state index in [1.165, 1.54) is 10.5 Å². The van der Waals surface area contributed by atoms with Crippen LogP contribution >= 0.6 is 11.8 Å². The standard InChI is InChI=1S/C19H23NOS/c1-19(21-17-6-4-3-5-7-17)12-13-20(15-19)14-16-8-10-18(22-2)11-9-16/h3-11H,12-15H2,1-2H3. The van der Waals surface area contributed by atoms with Crippen LogP contribution in [-0.2, 0) is 6.54 Å². The monoisotopic (exact) mass is 313 g/mol. The first-order valence-corrected chi connectivity index (χ1v) is 8.99. The minimum absolute atomic E-state index is 0.0828. The molecule has 1 unspecified atom stereocenters. The fourth-order valence-corrected chi connectivity index (χ4v) is 3.41. The largest absolute Gasteiger partial charge is 0.486 e. The lowest BCUT2D eigenvalue weighted by Gasteiger charge is -2.26. The topological polar surface area (TPSA) is 12.5 Å². The molecule has 1 aliphatic heterocycles. The Morgan fingerprint density at radius 1 is 1.09 bits per heavy atom. The number of rotatable bonds is 5. The molecule has 1 atom stereocenters. The summed E-state index contributed by atoms with van der Waals surface area (Å²) in [5.74, 6) is 0.969. The van der Waals surface area contributed by atoms with Crippen molar-refractivity contribution in [2.24, 2.45) is 0 Å². The minimum Gasteiger partial charge on any atom is -0.486 e. The van der Waals surface area contributed by atoms with Crippen molar-refractivity contribution in [3.05, 3.63) is 60.2 Å². The summed E-state index contributed by atoms with van der Waals surface area (Å²) < 4.78 is 6.22. The number of hydrogen-bond donors (Lipinski definition) is 0. The van der Waals surface area contributed by atoms with Gasteiger partial charge in [-0.1, -0.05) is 30.3 Å². The van der Waals surface area contributed by atoms with E-state index >= 15 is 0 Å². The lowest BCUT2D eigenvalue weighted by atomic mass is 10.1. The van der Waals surface area contributed by atoms with Crippen LogP contribution in [0.25, 0.3) is 0 Å². The first kappa shape index (κ1) is 15.4. The van der Waals surface area contributed by atoms with Gasteiger partial charge in [-0.25, -0.2) is 0 Å². The number of likely N-dealkylation sites (tertiary alicyclic amines) is 1. The molecule has 0 amide bonds. The van der Waals surface area contributed by atoms with Gasteiger partial charge in [0.25, 0.3) is 0 Å². The second kappa shape index (κ2) is 6.76. The summed E-state index contributed by atoms with van der Waals surface area (Å²) in [6.45, 7) is 5.29. The zero-order chi connectivity index (χ0) is 15.4. The van der Waals surface area contributed by atoms with Crippen molar-refractivity contribution in [1.82, 2.24) is 4.90 Å². The fraction of sp³-hybridized carbons (Fsp3) is 0.368. The summed E-state index contributed by atoms with van der Waals surface area (Å²) >= 11 is 1.79. The lowest BCUT2D eigenvalue weighted by molar-refractivity contribution is 0.0951. The molecule has 0 N–H and O–H groups in total. The average Bonchev–Trinajstić information content (AvgIpc) is 2.90. The van der Waals surface area contributed by atoms with E-state index in [1.807, 2.05) is 30.3 Å². The number of benzene rings is 2. The smallest absolute Gasteiger partial charge is 0.120 e. The average molecular weight is 313 g/mol. The molecule has 2 nitrogen and oxygen atoms in total.